The quantitative estimate of drug-likeness (QED) is 0.710. The number of carboxylic acid groups (broad SMARTS) is 1. The van der Waals surface area contributed by atoms with Gasteiger partial charge in [-0.1, -0.05) is 18.2 Å². The first-order chi connectivity index (χ1) is 7.15. The van der Waals surface area contributed by atoms with Gasteiger partial charge in [-0.25, -0.2) is 9.18 Å². The first-order valence-electron chi connectivity index (χ1n) is 4.50. The van der Waals surface area contributed by atoms with Crippen molar-refractivity contribution in [2.75, 3.05) is 6.61 Å². The summed E-state index contributed by atoms with van der Waals surface area (Å²) in [5.74, 6) is -0.482. The van der Waals surface area contributed by atoms with Crippen LogP contribution in [0.5, 0.6) is 0 Å². The topological polar surface area (TPSA) is 69.6 Å². The predicted octanol–water partition coefficient (Wildman–Crippen LogP) is 1.52. The third-order valence-corrected chi connectivity index (χ3v) is 2.00. The second-order valence-electron chi connectivity index (χ2n) is 3.04. The summed E-state index contributed by atoms with van der Waals surface area (Å²) in [5.41, 5.74) is 0.244. The molecular weight excluding hydrogens is 201 g/mol. The number of hydrogen-bond donors (Lipinski definition) is 3. The molecule has 1 aromatic carbocycles. The smallest absolute Gasteiger partial charge is 0.405 e. The second kappa shape index (κ2) is 5.31. The molecule has 1 unspecified atom stereocenters. The molecule has 0 saturated heterocycles. The summed E-state index contributed by atoms with van der Waals surface area (Å²) >= 11 is 0. The molecule has 1 aromatic rings. The molecule has 0 saturated carbocycles. The van der Waals surface area contributed by atoms with E-state index in [-0.39, 0.29) is 18.6 Å². The summed E-state index contributed by atoms with van der Waals surface area (Å²) in [5, 5.41) is 19.4. The number of aliphatic hydroxyl groups is 1. The summed E-state index contributed by atoms with van der Waals surface area (Å²) in [4.78, 5) is 10.5. The van der Waals surface area contributed by atoms with Crippen molar-refractivity contribution >= 4 is 6.09 Å². The Hall–Kier alpha value is -1.62. The maximum Gasteiger partial charge on any atom is 0.405 e. The van der Waals surface area contributed by atoms with Crippen molar-refractivity contribution in [1.29, 1.82) is 0 Å². The average Bonchev–Trinajstić information content (AvgIpc) is 2.17. The molecule has 4 nitrogen and oxygen atoms in total. The highest BCUT2D eigenvalue weighted by Crippen LogP contribution is 2.19. The van der Waals surface area contributed by atoms with Crippen molar-refractivity contribution in [3.8, 4) is 0 Å². The van der Waals surface area contributed by atoms with Crippen molar-refractivity contribution in [3.05, 3.63) is 35.6 Å². The maximum absolute atomic E-state index is 13.3. The molecule has 0 radical (unpaired) electrons. The van der Waals surface area contributed by atoms with E-state index in [4.69, 9.17) is 10.2 Å². The van der Waals surface area contributed by atoms with E-state index in [2.05, 4.69) is 5.32 Å². The molecule has 0 aliphatic heterocycles. The Balaban J connectivity index is 2.88. The molecular formula is C10H12FNO3. The van der Waals surface area contributed by atoms with E-state index in [0.717, 1.165) is 0 Å². The first kappa shape index (κ1) is 11.5. The van der Waals surface area contributed by atoms with Crippen molar-refractivity contribution in [2.24, 2.45) is 0 Å². The lowest BCUT2D eigenvalue weighted by Crippen LogP contribution is -2.28. The first-order valence-corrected chi connectivity index (χ1v) is 4.50. The molecule has 1 amide bonds. The standard InChI is InChI=1S/C10H12FNO3/c11-8-4-2-1-3-7(8)9(5-6-13)12-10(14)15/h1-4,9,12-13H,5-6H2,(H,14,15). The number of amides is 1. The average molecular weight is 213 g/mol. The Morgan fingerprint density at radius 1 is 1.47 bits per heavy atom. The number of halogens is 1. The van der Waals surface area contributed by atoms with Gasteiger partial charge in [0, 0.05) is 12.2 Å². The number of aliphatic hydroxyl groups excluding tert-OH is 1. The van der Waals surface area contributed by atoms with Crippen LogP contribution in [0.3, 0.4) is 0 Å². The van der Waals surface area contributed by atoms with E-state index in [0.29, 0.717) is 0 Å². The minimum atomic E-state index is -1.24. The van der Waals surface area contributed by atoms with Gasteiger partial charge >= 0.3 is 6.09 Å². The molecule has 0 aliphatic rings. The monoisotopic (exact) mass is 213 g/mol. The molecule has 82 valence electrons. The van der Waals surface area contributed by atoms with Crippen molar-refractivity contribution in [2.45, 2.75) is 12.5 Å². The van der Waals surface area contributed by atoms with Gasteiger partial charge in [-0.3, -0.25) is 0 Å². The van der Waals surface area contributed by atoms with Crippen molar-refractivity contribution in [1.82, 2.24) is 5.32 Å². The molecule has 0 spiro atoms. The normalized spacial score (nSPS) is 12.1. The zero-order valence-corrected chi connectivity index (χ0v) is 7.98. The van der Waals surface area contributed by atoms with Crippen LogP contribution in [0.25, 0.3) is 0 Å². The lowest BCUT2D eigenvalue weighted by molar-refractivity contribution is 0.185. The highest BCUT2D eigenvalue weighted by molar-refractivity contribution is 5.65. The minimum Gasteiger partial charge on any atom is -0.465 e. The van der Waals surface area contributed by atoms with Crippen molar-refractivity contribution < 1.29 is 19.4 Å². The van der Waals surface area contributed by atoms with Gasteiger partial charge in [0.15, 0.2) is 0 Å². The van der Waals surface area contributed by atoms with E-state index < -0.39 is 18.0 Å². The fraction of sp³-hybridized carbons (Fsp3) is 0.300. The molecule has 1 rings (SSSR count). The lowest BCUT2D eigenvalue weighted by Gasteiger charge is -2.16. The molecule has 15 heavy (non-hydrogen) atoms. The van der Waals surface area contributed by atoms with Crippen LogP contribution >= 0.6 is 0 Å². The zero-order chi connectivity index (χ0) is 11.3. The van der Waals surface area contributed by atoms with Gasteiger partial charge in [-0.05, 0) is 12.5 Å². The molecule has 5 heteroatoms. The Morgan fingerprint density at radius 2 is 2.13 bits per heavy atom. The fourth-order valence-corrected chi connectivity index (χ4v) is 1.34. The van der Waals surface area contributed by atoms with Gasteiger partial charge in [-0.15, -0.1) is 0 Å². The number of nitrogens with one attached hydrogen (secondary N) is 1. The van der Waals surface area contributed by atoms with Crippen LogP contribution in [0.2, 0.25) is 0 Å². The summed E-state index contributed by atoms with van der Waals surface area (Å²) < 4.78 is 13.3. The van der Waals surface area contributed by atoms with Gasteiger partial charge in [-0.2, -0.15) is 0 Å². The van der Waals surface area contributed by atoms with Gasteiger partial charge < -0.3 is 15.5 Å². The highest BCUT2D eigenvalue weighted by Gasteiger charge is 2.16. The minimum absolute atomic E-state index is 0.146. The molecule has 0 bridgehead atoms. The van der Waals surface area contributed by atoms with E-state index in [1.54, 1.807) is 6.07 Å². The van der Waals surface area contributed by atoms with Gasteiger partial charge in [0.1, 0.15) is 5.82 Å². The zero-order valence-electron chi connectivity index (χ0n) is 7.98. The molecule has 3 N–H and O–H groups in total. The van der Waals surface area contributed by atoms with Crippen LogP contribution in [-0.2, 0) is 0 Å². The van der Waals surface area contributed by atoms with E-state index in [9.17, 15) is 9.18 Å². The van der Waals surface area contributed by atoms with Gasteiger partial charge in [0.05, 0.1) is 6.04 Å². The van der Waals surface area contributed by atoms with E-state index in [1.807, 2.05) is 0 Å². The largest absolute Gasteiger partial charge is 0.465 e. The van der Waals surface area contributed by atoms with Crippen LogP contribution in [0.15, 0.2) is 24.3 Å². The lowest BCUT2D eigenvalue weighted by atomic mass is 10.0. The van der Waals surface area contributed by atoms with Crippen LogP contribution in [-0.4, -0.2) is 22.9 Å². The Kier molecular flexibility index (Phi) is 4.05. The number of carbonyl (C=O) groups is 1. The van der Waals surface area contributed by atoms with Gasteiger partial charge in [0.25, 0.3) is 0 Å². The third kappa shape index (κ3) is 3.21. The summed E-state index contributed by atoms with van der Waals surface area (Å²) in [7, 11) is 0. The van der Waals surface area contributed by atoms with Crippen molar-refractivity contribution in [3.63, 3.8) is 0 Å². The SMILES string of the molecule is O=C(O)NC(CCO)c1ccccc1F. The Bertz CT molecular complexity index is 343. The Labute approximate surface area is 86.4 Å². The number of hydrogen-bond acceptors (Lipinski definition) is 2. The van der Waals surface area contributed by atoms with Crippen LogP contribution in [0.4, 0.5) is 9.18 Å². The van der Waals surface area contributed by atoms with Crippen LogP contribution in [0.1, 0.15) is 18.0 Å². The molecule has 0 heterocycles. The molecule has 0 fully saturated rings. The summed E-state index contributed by atoms with van der Waals surface area (Å²) in [6.07, 6.45) is -1.09. The number of rotatable bonds is 4. The predicted molar refractivity (Wildman–Crippen MR) is 52.0 cm³/mol. The summed E-state index contributed by atoms with van der Waals surface area (Å²) in [6, 6.07) is 5.17. The molecule has 1 atom stereocenters. The van der Waals surface area contributed by atoms with E-state index in [1.165, 1.54) is 18.2 Å². The number of benzene rings is 1. The maximum atomic E-state index is 13.3. The Morgan fingerprint density at radius 3 is 2.67 bits per heavy atom. The van der Waals surface area contributed by atoms with E-state index >= 15 is 0 Å². The van der Waals surface area contributed by atoms with Gasteiger partial charge in [0.2, 0.25) is 0 Å². The molecule has 0 aromatic heterocycles. The third-order valence-electron chi connectivity index (χ3n) is 2.00. The highest BCUT2D eigenvalue weighted by atomic mass is 19.1. The second-order valence-corrected chi connectivity index (χ2v) is 3.04. The fourth-order valence-electron chi connectivity index (χ4n) is 1.34. The van der Waals surface area contributed by atoms with Crippen LogP contribution in [0, 0.1) is 5.82 Å². The summed E-state index contributed by atoms with van der Waals surface area (Å²) in [6.45, 7) is -0.209. The van der Waals surface area contributed by atoms with Crippen LogP contribution < -0.4 is 5.32 Å². The molecule has 0 aliphatic carbocycles.